The Kier molecular flexibility index (Phi) is 5.53. The van der Waals surface area contributed by atoms with Gasteiger partial charge in [0.15, 0.2) is 0 Å². The van der Waals surface area contributed by atoms with E-state index in [9.17, 15) is 9.18 Å². The highest BCUT2D eigenvalue weighted by molar-refractivity contribution is 5.78. The molecule has 2 aromatic rings. The normalized spacial score (nSPS) is 10.3. The summed E-state index contributed by atoms with van der Waals surface area (Å²) in [4.78, 5) is 13.7. The molecular formula is C18H20FNO2. The Labute approximate surface area is 130 Å². The number of rotatable bonds is 6. The molecule has 4 heteroatoms. The van der Waals surface area contributed by atoms with Crippen LogP contribution in [0.15, 0.2) is 48.5 Å². The standard InChI is InChI=1S/C18H20FNO2/c1-14-5-3-8-17(11-14)22-10-9-20(2)18(21)13-15-6-4-7-16(19)12-15/h3-8,11-12H,9-10,13H2,1-2H3. The Morgan fingerprint density at radius 1 is 1.18 bits per heavy atom. The van der Waals surface area contributed by atoms with E-state index in [1.165, 1.54) is 12.1 Å². The van der Waals surface area contributed by atoms with Crippen molar-refractivity contribution < 1.29 is 13.9 Å². The zero-order chi connectivity index (χ0) is 15.9. The Balaban J connectivity index is 1.79. The van der Waals surface area contributed by atoms with E-state index in [-0.39, 0.29) is 18.1 Å². The summed E-state index contributed by atoms with van der Waals surface area (Å²) >= 11 is 0. The van der Waals surface area contributed by atoms with Gasteiger partial charge in [-0.25, -0.2) is 4.39 Å². The third-order valence-corrected chi connectivity index (χ3v) is 3.36. The van der Waals surface area contributed by atoms with Crippen molar-refractivity contribution in [1.29, 1.82) is 0 Å². The van der Waals surface area contributed by atoms with Gasteiger partial charge in [-0.3, -0.25) is 4.79 Å². The molecule has 0 atom stereocenters. The Bertz CT molecular complexity index is 642. The zero-order valence-electron chi connectivity index (χ0n) is 12.9. The maximum absolute atomic E-state index is 13.1. The minimum Gasteiger partial charge on any atom is -0.492 e. The van der Waals surface area contributed by atoms with Gasteiger partial charge in [-0.05, 0) is 42.3 Å². The van der Waals surface area contributed by atoms with Gasteiger partial charge in [0.05, 0.1) is 13.0 Å². The van der Waals surface area contributed by atoms with Gasteiger partial charge in [0.25, 0.3) is 0 Å². The van der Waals surface area contributed by atoms with Crippen molar-refractivity contribution in [2.75, 3.05) is 20.2 Å². The lowest BCUT2D eigenvalue weighted by Crippen LogP contribution is -2.32. The fourth-order valence-corrected chi connectivity index (χ4v) is 2.09. The number of carbonyl (C=O) groups excluding carboxylic acids is 1. The van der Waals surface area contributed by atoms with Crippen molar-refractivity contribution >= 4 is 5.91 Å². The smallest absolute Gasteiger partial charge is 0.226 e. The Morgan fingerprint density at radius 3 is 2.68 bits per heavy atom. The largest absolute Gasteiger partial charge is 0.492 e. The average molecular weight is 301 g/mol. The van der Waals surface area contributed by atoms with Gasteiger partial charge >= 0.3 is 0 Å². The molecule has 0 N–H and O–H groups in total. The molecule has 0 unspecified atom stereocenters. The molecule has 0 saturated heterocycles. The molecule has 0 heterocycles. The van der Waals surface area contributed by atoms with Gasteiger partial charge in [0, 0.05) is 7.05 Å². The van der Waals surface area contributed by atoms with Crippen molar-refractivity contribution in [3.05, 3.63) is 65.5 Å². The first kappa shape index (κ1) is 16.0. The highest BCUT2D eigenvalue weighted by Gasteiger charge is 2.10. The molecule has 0 aliphatic carbocycles. The first-order valence-electron chi connectivity index (χ1n) is 7.22. The van der Waals surface area contributed by atoms with Crippen LogP contribution in [0.2, 0.25) is 0 Å². The maximum atomic E-state index is 13.1. The van der Waals surface area contributed by atoms with E-state index in [0.717, 1.165) is 11.3 Å². The third kappa shape index (κ3) is 4.88. The molecule has 0 bridgehead atoms. The average Bonchev–Trinajstić information content (AvgIpc) is 2.47. The van der Waals surface area contributed by atoms with Crippen LogP contribution >= 0.6 is 0 Å². The molecule has 2 aromatic carbocycles. The van der Waals surface area contributed by atoms with E-state index in [1.54, 1.807) is 24.1 Å². The summed E-state index contributed by atoms with van der Waals surface area (Å²) in [6.45, 7) is 2.92. The number of benzene rings is 2. The zero-order valence-corrected chi connectivity index (χ0v) is 12.9. The van der Waals surface area contributed by atoms with Crippen molar-refractivity contribution in [3.8, 4) is 5.75 Å². The molecular weight excluding hydrogens is 281 g/mol. The number of halogens is 1. The van der Waals surface area contributed by atoms with Crippen LogP contribution in [0.5, 0.6) is 5.75 Å². The number of likely N-dealkylation sites (N-methyl/N-ethyl adjacent to an activating group) is 1. The molecule has 0 aliphatic rings. The number of hydrogen-bond acceptors (Lipinski definition) is 2. The van der Waals surface area contributed by atoms with E-state index in [4.69, 9.17) is 4.74 Å². The predicted octanol–water partition coefficient (Wildman–Crippen LogP) is 3.21. The number of hydrogen-bond donors (Lipinski definition) is 0. The first-order valence-corrected chi connectivity index (χ1v) is 7.22. The van der Waals surface area contributed by atoms with Gasteiger partial charge in [0.1, 0.15) is 18.2 Å². The number of nitrogens with zero attached hydrogens (tertiary/aromatic N) is 1. The summed E-state index contributed by atoms with van der Waals surface area (Å²) in [5.41, 5.74) is 1.81. The minimum atomic E-state index is -0.323. The predicted molar refractivity (Wildman–Crippen MR) is 84.4 cm³/mol. The fourth-order valence-electron chi connectivity index (χ4n) is 2.09. The molecule has 0 saturated carbocycles. The van der Waals surface area contributed by atoms with Gasteiger partial charge in [-0.1, -0.05) is 24.3 Å². The summed E-state index contributed by atoms with van der Waals surface area (Å²) < 4.78 is 18.7. The van der Waals surface area contributed by atoms with Crippen molar-refractivity contribution in [2.45, 2.75) is 13.3 Å². The van der Waals surface area contributed by atoms with Crippen LogP contribution < -0.4 is 4.74 Å². The van der Waals surface area contributed by atoms with Crippen LogP contribution in [0.4, 0.5) is 4.39 Å². The van der Waals surface area contributed by atoms with Gasteiger partial charge in [-0.2, -0.15) is 0 Å². The first-order chi connectivity index (χ1) is 10.5. The third-order valence-electron chi connectivity index (χ3n) is 3.36. The molecule has 1 amide bonds. The highest BCUT2D eigenvalue weighted by Crippen LogP contribution is 2.12. The highest BCUT2D eigenvalue weighted by atomic mass is 19.1. The molecule has 3 nitrogen and oxygen atoms in total. The lowest BCUT2D eigenvalue weighted by atomic mass is 10.1. The summed E-state index contributed by atoms with van der Waals surface area (Å²) in [6, 6.07) is 13.9. The van der Waals surface area contributed by atoms with Crippen LogP contribution in [-0.2, 0) is 11.2 Å². The van der Waals surface area contributed by atoms with Crippen molar-refractivity contribution in [3.63, 3.8) is 0 Å². The molecule has 22 heavy (non-hydrogen) atoms. The minimum absolute atomic E-state index is 0.0570. The summed E-state index contributed by atoms with van der Waals surface area (Å²) in [6.07, 6.45) is 0.193. The van der Waals surface area contributed by atoms with Crippen LogP contribution in [0.3, 0.4) is 0 Å². The van der Waals surface area contributed by atoms with Crippen LogP contribution in [0.1, 0.15) is 11.1 Å². The monoisotopic (exact) mass is 301 g/mol. The lowest BCUT2D eigenvalue weighted by molar-refractivity contribution is -0.129. The topological polar surface area (TPSA) is 29.5 Å². The second-order valence-electron chi connectivity index (χ2n) is 5.29. The Morgan fingerprint density at radius 2 is 1.95 bits per heavy atom. The second kappa shape index (κ2) is 7.59. The summed E-state index contributed by atoms with van der Waals surface area (Å²) in [7, 11) is 1.72. The van der Waals surface area contributed by atoms with Crippen molar-refractivity contribution in [2.24, 2.45) is 0 Å². The number of aryl methyl sites for hydroxylation is 1. The molecule has 0 aliphatic heterocycles. The SMILES string of the molecule is Cc1cccc(OCCN(C)C(=O)Cc2cccc(F)c2)c1. The quantitative estimate of drug-likeness (QED) is 0.820. The number of amides is 1. The second-order valence-corrected chi connectivity index (χ2v) is 5.29. The molecule has 0 spiro atoms. The Hall–Kier alpha value is -2.36. The van der Waals surface area contributed by atoms with Gasteiger partial charge in [0.2, 0.25) is 5.91 Å². The fraction of sp³-hybridized carbons (Fsp3) is 0.278. The van der Waals surface area contributed by atoms with E-state index < -0.39 is 0 Å². The maximum Gasteiger partial charge on any atom is 0.226 e. The lowest BCUT2D eigenvalue weighted by Gasteiger charge is -2.17. The molecule has 0 aromatic heterocycles. The van der Waals surface area contributed by atoms with Gasteiger partial charge in [-0.15, -0.1) is 0 Å². The number of carbonyl (C=O) groups is 1. The van der Waals surface area contributed by atoms with Crippen LogP contribution in [0.25, 0.3) is 0 Å². The van der Waals surface area contributed by atoms with Crippen molar-refractivity contribution in [1.82, 2.24) is 4.90 Å². The molecule has 2 rings (SSSR count). The number of ether oxygens (including phenoxy) is 1. The van der Waals surface area contributed by atoms with E-state index in [0.29, 0.717) is 18.7 Å². The van der Waals surface area contributed by atoms with Gasteiger partial charge < -0.3 is 9.64 Å². The molecule has 0 fully saturated rings. The van der Waals surface area contributed by atoms with E-state index in [2.05, 4.69) is 0 Å². The van der Waals surface area contributed by atoms with Crippen LogP contribution in [0, 0.1) is 12.7 Å². The summed E-state index contributed by atoms with van der Waals surface area (Å²) in [5.74, 6) is 0.417. The van der Waals surface area contributed by atoms with Crippen LogP contribution in [-0.4, -0.2) is 31.0 Å². The molecule has 0 radical (unpaired) electrons. The molecule has 116 valence electrons. The van der Waals surface area contributed by atoms with E-state index in [1.807, 2.05) is 31.2 Å². The van der Waals surface area contributed by atoms with E-state index >= 15 is 0 Å². The summed E-state index contributed by atoms with van der Waals surface area (Å²) in [5, 5.41) is 0.